The van der Waals surface area contributed by atoms with E-state index >= 15 is 0 Å². The summed E-state index contributed by atoms with van der Waals surface area (Å²) < 4.78 is 11.3. The second-order valence-electron chi connectivity index (χ2n) is 12.0. The fourth-order valence-electron chi connectivity index (χ4n) is 5.46. The van der Waals surface area contributed by atoms with Crippen LogP contribution in [0.4, 0.5) is 0 Å². The summed E-state index contributed by atoms with van der Waals surface area (Å²) in [7, 11) is 0. The third-order valence-electron chi connectivity index (χ3n) is 8.19. The number of furan rings is 1. The Morgan fingerprint density at radius 3 is 2.24 bits per heavy atom. The summed E-state index contributed by atoms with van der Waals surface area (Å²) in [6.07, 6.45) is 2.45. The average molecular weight is 753 g/mol. The molecule has 3 atom stereocenters. The molecule has 3 rings (SSSR count). The molecule has 0 fully saturated rings. The molecule has 0 aliphatic carbocycles. The fourth-order valence-corrected chi connectivity index (χ4v) is 5.46. The molecule has 1 heterocycles. The van der Waals surface area contributed by atoms with Crippen LogP contribution in [-0.4, -0.2) is 87.8 Å². The van der Waals surface area contributed by atoms with Gasteiger partial charge in [0.2, 0.25) is 12.3 Å². The van der Waals surface area contributed by atoms with Crippen molar-refractivity contribution in [1.82, 2.24) is 21.0 Å². The van der Waals surface area contributed by atoms with Crippen molar-refractivity contribution in [2.75, 3.05) is 13.3 Å². The highest BCUT2D eigenvalue weighted by atomic mass is 16.7. The predicted octanol–water partition coefficient (Wildman–Crippen LogP) is 3.72. The number of carboxylic acids is 2. The minimum absolute atomic E-state index is 0.0532. The highest BCUT2D eigenvalue weighted by molar-refractivity contribution is 6.00. The fraction of sp³-hybridized carbons (Fsp3) is 0.378. The number of carboxylic acid groups (broad SMARTS) is 2. The van der Waals surface area contributed by atoms with E-state index in [-0.39, 0.29) is 53.8 Å². The van der Waals surface area contributed by atoms with Crippen LogP contribution < -0.4 is 20.7 Å². The topological polar surface area (TPSA) is 251 Å². The molecule has 6 N–H and O–H groups in total. The van der Waals surface area contributed by atoms with Crippen molar-refractivity contribution in [1.29, 1.82) is 0 Å². The summed E-state index contributed by atoms with van der Waals surface area (Å²) in [5.41, 5.74) is 0.432. The number of nitrogens with one attached hydrogen (secondary N) is 3. The summed E-state index contributed by atoms with van der Waals surface area (Å²) in [5, 5.41) is 36.0. The number of unbranched alkanes of at least 4 members (excludes halogenated alkanes) is 2. The lowest BCUT2D eigenvalue weighted by Gasteiger charge is -2.31. The molecule has 1 aromatic heterocycles. The van der Waals surface area contributed by atoms with Crippen molar-refractivity contribution >= 4 is 42.0 Å². The van der Waals surface area contributed by atoms with E-state index in [4.69, 9.17) is 19.1 Å². The van der Waals surface area contributed by atoms with Crippen LogP contribution in [0.25, 0.3) is 11.3 Å². The number of hydrogen-bond acceptors (Lipinski definition) is 11. The maximum absolute atomic E-state index is 13.5. The Morgan fingerprint density at radius 1 is 0.907 bits per heavy atom. The maximum atomic E-state index is 13.5. The second-order valence-corrected chi connectivity index (χ2v) is 12.0. The second kappa shape index (κ2) is 20.6. The van der Waals surface area contributed by atoms with Crippen LogP contribution in [0.15, 0.2) is 59.0 Å². The van der Waals surface area contributed by atoms with Crippen molar-refractivity contribution < 1.29 is 62.9 Å². The van der Waals surface area contributed by atoms with E-state index < -0.39 is 60.1 Å². The van der Waals surface area contributed by atoms with Crippen LogP contribution in [0, 0.1) is 5.92 Å². The molecule has 3 aromatic rings. The van der Waals surface area contributed by atoms with Gasteiger partial charge in [0.05, 0.1) is 42.8 Å². The molecule has 4 amide bonds. The first-order valence-electron chi connectivity index (χ1n) is 17.3. The molecule has 2 aromatic carbocycles. The van der Waals surface area contributed by atoms with Crippen molar-refractivity contribution in [2.45, 2.75) is 71.4 Å². The molecule has 290 valence electrons. The number of aliphatic carboxylic acids is 2. The molecule has 0 saturated carbocycles. The first-order valence-corrected chi connectivity index (χ1v) is 17.3. The zero-order chi connectivity index (χ0) is 39.8. The van der Waals surface area contributed by atoms with E-state index in [9.17, 15) is 43.8 Å². The lowest BCUT2D eigenvalue weighted by atomic mass is 9.90. The van der Waals surface area contributed by atoms with Gasteiger partial charge in [-0.25, -0.2) is 9.59 Å². The summed E-state index contributed by atoms with van der Waals surface area (Å²) in [5.74, 6) is -6.52. The number of aromatic hydroxyl groups is 1. The third kappa shape index (κ3) is 11.8. The SMILES string of the molecule is CCCCCC(C(=O)NCNC(=O)c1ccc(-c2ccc(C(=O)NC(CC(=O)O)C(=O)O)c(OCC)c2)o1)C(CC)N(C=O)OC(=O)c1ccc(O)cc1. The van der Waals surface area contributed by atoms with E-state index in [1.54, 1.807) is 13.8 Å². The van der Waals surface area contributed by atoms with Gasteiger partial charge in [0.1, 0.15) is 23.3 Å². The molecule has 0 radical (unpaired) electrons. The first kappa shape index (κ1) is 42.0. The quantitative estimate of drug-likeness (QED) is 0.0371. The molecule has 0 aliphatic rings. The molecule has 17 nitrogen and oxygen atoms in total. The largest absolute Gasteiger partial charge is 0.508 e. The van der Waals surface area contributed by atoms with E-state index in [1.165, 1.54) is 54.6 Å². The van der Waals surface area contributed by atoms with Crippen molar-refractivity contribution in [2.24, 2.45) is 5.92 Å². The number of rotatable bonds is 22. The monoisotopic (exact) mass is 752 g/mol. The first-order chi connectivity index (χ1) is 25.8. The van der Waals surface area contributed by atoms with Gasteiger partial charge < -0.3 is 45.3 Å². The number of carbonyl (C=O) groups is 7. The molecular formula is C37H44N4O13. The number of carbonyl (C=O) groups excluding carboxylic acids is 5. The predicted molar refractivity (Wildman–Crippen MR) is 190 cm³/mol. The Hall–Kier alpha value is -6.39. The van der Waals surface area contributed by atoms with Crippen LogP contribution in [0.2, 0.25) is 0 Å². The molecule has 0 spiro atoms. The van der Waals surface area contributed by atoms with Crippen LogP contribution in [0.1, 0.15) is 90.6 Å². The minimum Gasteiger partial charge on any atom is -0.508 e. The smallest absolute Gasteiger partial charge is 0.363 e. The van der Waals surface area contributed by atoms with E-state index in [1.807, 2.05) is 6.92 Å². The van der Waals surface area contributed by atoms with E-state index in [2.05, 4.69) is 16.0 Å². The summed E-state index contributed by atoms with van der Waals surface area (Å²) in [6, 6.07) is 9.90. The van der Waals surface area contributed by atoms with Crippen LogP contribution in [0.5, 0.6) is 11.5 Å². The zero-order valence-electron chi connectivity index (χ0n) is 30.0. The third-order valence-corrected chi connectivity index (χ3v) is 8.19. The number of benzene rings is 2. The summed E-state index contributed by atoms with van der Waals surface area (Å²) in [6.45, 7) is 5.23. The summed E-state index contributed by atoms with van der Waals surface area (Å²) >= 11 is 0. The Morgan fingerprint density at radius 2 is 1.63 bits per heavy atom. The number of hydroxylamine groups is 2. The molecule has 3 unspecified atom stereocenters. The Kier molecular flexibility index (Phi) is 16.0. The molecule has 0 saturated heterocycles. The Balaban J connectivity index is 1.69. The average Bonchev–Trinajstić information content (AvgIpc) is 3.64. The highest BCUT2D eigenvalue weighted by Gasteiger charge is 2.34. The normalized spacial score (nSPS) is 12.4. The number of ether oxygens (including phenoxy) is 1. The number of amides is 4. The molecular weight excluding hydrogens is 708 g/mol. The van der Waals surface area contributed by atoms with Crippen LogP contribution in [-0.2, 0) is 24.0 Å². The van der Waals surface area contributed by atoms with E-state index in [0.29, 0.717) is 24.8 Å². The number of phenolic OH excluding ortho intramolecular Hbond substituents is 1. The lowest BCUT2D eigenvalue weighted by molar-refractivity contribution is -0.171. The van der Waals surface area contributed by atoms with Gasteiger partial charge in [0.25, 0.3) is 11.8 Å². The van der Waals surface area contributed by atoms with Gasteiger partial charge in [-0.05, 0) is 68.3 Å². The maximum Gasteiger partial charge on any atom is 0.363 e. The summed E-state index contributed by atoms with van der Waals surface area (Å²) in [4.78, 5) is 91.9. The Labute approximate surface area is 310 Å². The van der Waals surface area contributed by atoms with Gasteiger partial charge >= 0.3 is 17.9 Å². The van der Waals surface area contributed by atoms with Gasteiger partial charge in [-0.2, -0.15) is 5.06 Å². The number of phenols is 1. The number of nitrogens with zero attached hydrogens (tertiary/aromatic N) is 1. The lowest BCUT2D eigenvalue weighted by Crippen LogP contribution is -2.49. The zero-order valence-corrected chi connectivity index (χ0v) is 30.0. The van der Waals surface area contributed by atoms with Crippen molar-refractivity contribution in [3.63, 3.8) is 0 Å². The molecule has 0 bridgehead atoms. The Bertz CT molecular complexity index is 1790. The van der Waals surface area contributed by atoms with Gasteiger partial charge in [0, 0.05) is 5.56 Å². The van der Waals surface area contributed by atoms with Crippen LogP contribution in [0.3, 0.4) is 0 Å². The van der Waals surface area contributed by atoms with Crippen molar-refractivity contribution in [3.8, 4) is 22.8 Å². The molecule has 17 heteroatoms. The van der Waals surface area contributed by atoms with E-state index in [0.717, 1.165) is 17.9 Å². The molecule has 54 heavy (non-hydrogen) atoms. The van der Waals surface area contributed by atoms with Crippen LogP contribution >= 0.6 is 0 Å². The van der Waals surface area contributed by atoms with Gasteiger partial charge in [0.15, 0.2) is 5.76 Å². The van der Waals surface area contributed by atoms with Crippen molar-refractivity contribution in [3.05, 3.63) is 71.5 Å². The molecule has 0 aliphatic heterocycles. The highest BCUT2D eigenvalue weighted by Crippen LogP contribution is 2.29. The van der Waals surface area contributed by atoms with Gasteiger partial charge in [-0.1, -0.05) is 39.2 Å². The van der Waals surface area contributed by atoms with Gasteiger partial charge in [-0.3, -0.25) is 24.0 Å². The van der Waals surface area contributed by atoms with Gasteiger partial charge in [-0.15, -0.1) is 0 Å². The standard InChI is InChI=1S/C37H44N4O13/c1-4-7-8-9-25(28(5-2)41(21-42)54-37(51)22-10-13-24(43)14-11-22)33(46)38-20-39-35(48)30-17-16-29(53-30)23-12-15-26(31(18-23)52-6-3)34(47)40-27(36(49)50)19-32(44)45/h10-18,21,25,27-28,43H,4-9,19-20H2,1-3H3,(H,38,46)(H,39,48)(H,40,47)(H,44,45)(H,49,50). The minimum atomic E-state index is -1.67. The number of hydrogen-bond donors (Lipinski definition) is 6.